The molecule has 0 aliphatic heterocycles. The summed E-state index contributed by atoms with van der Waals surface area (Å²) < 4.78 is 0. The van der Waals surface area contributed by atoms with Crippen LogP contribution in [-0.2, 0) is 5.88 Å². The predicted molar refractivity (Wildman–Crippen MR) is 32.9 cm³/mol. The molecule has 44 valence electrons. The maximum absolute atomic E-state index is 5.50. The van der Waals surface area contributed by atoms with Crippen LogP contribution in [0.5, 0.6) is 0 Å². The van der Waals surface area contributed by atoms with E-state index in [0.29, 0.717) is 5.88 Å². The number of hydrogen-bond donors (Lipinski definition) is 1. The number of alkyl halides is 1. The van der Waals surface area contributed by atoms with Crippen molar-refractivity contribution in [1.29, 1.82) is 0 Å². The van der Waals surface area contributed by atoms with Crippen molar-refractivity contribution in [1.82, 2.24) is 9.97 Å². The lowest BCUT2D eigenvalue weighted by atomic mass is 10.4. The molecule has 0 aliphatic rings. The number of rotatable bonds is 1. The largest absolute Gasteiger partial charge is 0.347 e. The molecule has 2 nitrogen and oxygen atoms in total. The van der Waals surface area contributed by atoms with Gasteiger partial charge in [-0.2, -0.15) is 0 Å². The molecule has 0 amide bonds. The van der Waals surface area contributed by atoms with Gasteiger partial charge in [-0.25, -0.2) is 4.98 Å². The van der Waals surface area contributed by atoms with Gasteiger partial charge in [0, 0.05) is 0 Å². The van der Waals surface area contributed by atoms with Crippen LogP contribution in [-0.4, -0.2) is 9.97 Å². The van der Waals surface area contributed by atoms with Crippen LogP contribution in [0.15, 0.2) is 6.33 Å². The van der Waals surface area contributed by atoms with Crippen LogP contribution in [0, 0.1) is 6.92 Å². The van der Waals surface area contributed by atoms with Gasteiger partial charge in [-0.1, -0.05) is 0 Å². The van der Waals surface area contributed by atoms with Gasteiger partial charge in [-0.05, 0) is 6.92 Å². The predicted octanol–water partition coefficient (Wildman–Crippen LogP) is 1.46. The summed E-state index contributed by atoms with van der Waals surface area (Å²) in [5, 5.41) is 0. The smallest absolute Gasteiger partial charge is 0.0925 e. The summed E-state index contributed by atoms with van der Waals surface area (Å²) in [6.07, 6.45) is 1.65. The maximum Gasteiger partial charge on any atom is 0.0925 e. The molecule has 1 aromatic heterocycles. The number of nitrogens with one attached hydrogen (secondary N) is 1. The van der Waals surface area contributed by atoms with Gasteiger partial charge in [0.05, 0.1) is 23.6 Å². The molecular formula is C5H7ClN2. The van der Waals surface area contributed by atoms with Crippen molar-refractivity contribution < 1.29 is 0 Å². The Labute approximate surface area is 52.9 Å². The molecule has 1 rings (SSSR count). The normalized spacial score (nSPS) is 9.75. The zero-order chi connectivity index (χ0) is 5.98. The minimum atomic E-state index is 0.520. The number of hydrogen-bond acceptors (Lipinski definition) is 1. The maximum atomic E-state index is 5.50. The zero-order valence-electron chi connectivity index (χ0n) is 4.61. The summed E-state index contributed by atoms with van der Waals surface area (Å²) in [6.45, 7) is 1.92. The topological polar surface area (TPSA) is 28.7 Å². The number of aromatic nitrogens is 2. The van der Waals surface area contributed by atoms with Crippen molar-refractivity contribution >= 4 is 11.6 Å². The van der Waals surface area contributed by atoms with Crippen LogP contribution >= 0.6 is 11.6 Å². The molecule has 0 saturated carbocycles. The number of halogens is 1. The summed E-state index contributed by atoms with van der Waals surface area (Å²) in [6, 6.07) is 0. The molecule has 1 aromatic rings. The van der Waals surface area contributed by atoms with E-state index >= 15 is 0 Å². The fourth-order valence-electron chi connectivity index (χ4n) is 0.525. The molecule has 1 N–H and O–H groups in total. The van der Waals surface area contributed by atoms with Gasteiger partial charge in [0.25, 0.3) is 0 Å². The summed E-state index contributed by atoms with van der Waals surface area (Å²) in [7, 11) is 0. The van der Waals surface area contributed by atoms with E-state index in [1.165, 1.54) is 0 Å². The van der Waals surface area contributed by atoms with E-state index in [2.05, 4.69) is 9.97 Å². The lowest BCUT2D eigenvalue weighted by Crippen LogP contribution is -1.79. The Morgan fingerprint density at radius 1 is 1.88 bits per heavy atom. The second-order valence-corrected chi connectivity index (χ2v) is 1.87. The molecule has 1 heterocycles. The summed E-state index contributed by atoms with van der Waals surface area (Å²) in [4.78, 5) is 6.86. The molecule has 0 aliphatic carbocycles. The molecule has 8 heavy (non-hydrogen) atoms. The Morgan fingerprint density at radius 2 is 2.62 bits per heavy atom. The fourth-order valence-corrected chi connectivity index (χ4v) is 0.795. The highest BCUT2D eigenvalue weighted by Crippen LogP contribution is 2.02. The first-order chi connectivity index (χ1) is 3.84. The van der Waals surface area contributed by atoms with Gasteiger partial charge >= 0.3 is 0 Å². The van der Waals surface area contributed by atoms with Crippen LogP contribution < -0.4 is 0 Å². The molecule has 0 aromatic carbocycles. The number of aryl methyl sites for hydroxylation is 1. The molecule has 0 fully saturated rings. The first-order valence-corrected chi connectivity index (χ1v) is 2.93. The van der Waals surface area contributed by atoms with Crippen LogP contribution in [0.2, 0.25) is 0 Å². The first-order valence-electron chi connectivity index (χ1n) is 2.39. The Bertz CT molecular complexity index is 171. The van der Waals surface area contributed by atoms with E-state index in [4.69, 9.17) is 11.6 Å². The fraction of sp³-hybridized carbons (Fsp3) is 0.400. The van der Waals surface area contributed by atoms with Crippen molar-refractivity contribution in [2.75, 3.05) is 0 Å². The van der Waals surface area contributed by atoms with E-state index in [1.54, 1.807) is 6.33 Å². The zero-order valence-corrected chi connectivity index (χ0v) is 5.37. The Hall–Kier alpha value is -0.500. The monoisotopic (exact) mass is 130 g/mol. The van der Waals surface area contributed by atoms with Gasteiger partial charge in [0.2, 0.25) is 0 Å². The van der Waals surface area contributed by atoms with Gasteiger partial charge in [-0.3, -0.25) is 0 Å². The summed E-state index contributed by atoms with van der Waals surface area (Å²) >= 11 is 5.50. The van der Waals surface area contributed by atoms with Crippen LogP contribution in [0.1, 0.15) is 11.4 Å². The van der Waals surface area contributed by atoms with Crippen LogP contribution in [0.4, 0.5) is 0 Å². The Balaban J connectivity index is 2.92. The lowest BCUT2D eigenvalue weighted by Gasteiger charge is -1.85. The molecule has 0 spiro atoms. The van der Waals surface area contributed by atoms with Crippen molar-refractivity contribution in [2.24, 2.45) is 0 Å². The summed E-state index contributed by atoms with van der Waals surface area (Å²) in [5.74, 6) is 0.520. The average Bonchev–Trinajstić information content (AvgIpc) is 2.14. The molecule has 0 saturated heterocycles. The van der Waals surface area contributed by atoms with Crippen molar-refractivity contribution in [3.63, 3.8) is 0 Å². The number of H-pyrrole nitrogens is 1. The highest BCUT2D eigenvalue weighted by molar-refractivity contribution is 6.16. The van der Waals surface area contributed by atoms with Gasteiger partial charge in [0.15, 0.2) is 0 Å². The van der Waals surface area contributed by atoms with Crippen molar-refractivity contribution in [3.8, 4) is 0 Å². The van der Waals surface area contributed by atoms with Crippen molar-refractivity contribution in [2.45, 2.75) is 12.8 Å². The second-order valence-electron chi connectivity index (χ2n) is 1.60. The van der Waals surface area contributed by atoms with E-state index in [9.17, 15) is 0 Å². The molecular weight excluding hydrogens is 124 g/mol. The quantitative estimate of drug-likeness (QED) is 0.573. The molecule has 0 unspecified atom stereocenters. The summed E-state index contributed by atoms with van der Waals surface area (Å²) in [5.41, 5.74) is 1.99. The van der Waals surface area contributed by atoms with Crippen LogP contribution in [0.3, 0.4) is 0 Å². The number of aromatic amines is 1. The highest BCUT2D eigenvalue weighted by atomic mass is 35.5. The third kappa shape index (κ3) is 0.842. The van der Waals surface area contributed by atoms with Gasteiger partial charge in [0.1, 0.15) is 0 Å². The third-order valence-electron chi connectivity index (χ3n) is 1.07. The second kappa shape index (κ2) is 2.18. The molecule has 0 atom stereocenters. The van der Waals surface area contributed by atoms with E-state index < -0.39 is 0 Å². The lowest BCUT2D eigenvalue weighted by molar-refractivity contribution is 1.18. The van der Waals surface area contributed by atoms with Crippen molar-refractivity contribution in [3.05, 3.63) is 17.7 Å². The van der Waals surface area contributed by atoms with E-state index in [-0.39, 0.29) is 0 Å². The number of nitrogens with zero attached hydrogens (tertiary/aromatic N) is 1. The highest BCUT2D eigenvalue weighted by Gasteiger charge is 1.94. The molecule has 0 radical (unpaired) electrons. The Morgan fingerprint density at radius 3 is 2.88 bits per heavy atom. The standard InChI is InChI=1S/C5H7ClN2/c1-4-5(2-6)8-3-7-4/h3H,2H2,1H3,(H,7,8). The molecule has 3 heteroatoms. The average molecular weight is 131 g/mol. The van der Waals surface area contributed by atoms with E-state index in [0.717, 1.165) is 11.4 Å². The van der Waals surface area contributed by atoms with E-state index in [1.807, 2.05) is 6.92 Å². The van der Waals surface area contributed by atoms with Gasteiger partial charge in [-0.15, -0.1) is 11.6 Å². The third-order valence-corrected chi connectivity index (χ3v) is 1.33. The SMILES string of the molecule is Cc1nc[nH]c1CCl. The van der Waals surface area contributed by atoms with Crippen LogP contribution in [0.25, 0.3) is 0 Å². The number of imidazole rings is 1. The first kappa shape index (κ1) is 5.63. The minimum absolute atomic E-state index is 0.520. The van der Waals surface area contributed by atoms with Gasteiger partial charge < -0.3 is 4.98 Å². The molecule has 0 bridgehead atoms. The Kier molecular flexibility index (Phi) is 1.53. The minimum Gasteiger partial charge on any atom is -0.347 e.